The molecule has 7 nitrogen and oxygen atoms in total. The van der Waals surface area contributed by atoms with E-state index in [0.717, 1.165) is 12.8 Å². The number of primary sulfonamides is 1. The van der Waals surface area contributed by atoms with Crippen molar-refractivity contribution in [3.05, 3.63) is 12.7 Å². The van der Waals surface area contributed by atoms with Crippen molar-refractivity contribution in [2.45, 2.75) is 38.1 Å². The highest BCUT2D eigenvalue weighted by Crippen LogP contribution is 2.25. The summed E-state index contributed by atoms with van der Waals surface area (Å²) in [5.41, 5.74) is 0. The van der Waals surface area contributed by atoms with E-state index in [1.54, 1.807) is 9.80 Å². The van der Waals surface area contributed by atoms with E-state index in [1.807, 2.05) is 0 Å². The first-order chi connectivity index (χ1) is 10.8. The normalized spacial score (nSPS) is 23.6. The van der Waals surface area contributed by atoms with Gasteiger partial charge in [-0.3, -0.25) is 9.59 Å². The van der Waals surface area contributed by atoms with Gasteiger partial charge in [-0.25, -0.2) is 13.6 Å². The van der Waals surface area contributed by atoms with Crippen LogP contribution in [-0.2, 0) is 19.6 Å². The van der Waals surface area contributed by atoms with E-state index >= 15 is 0 Å². The Kier molecular flexibility index (Phi) is 5.80. The van der Waals surface area contributed by atoms with Gasteiger partial charge in [0.1, 0.15) is 0 Å². The maximum absolute atomic E-state index is 12.8. The Morgan fingerprint density at radius 2 is 1.78 bits per heavy atom. The molecule has 2 rings (SSSR count). The van der Waals surface area contributed by atoms with Crippen molar-refractivity contribution in [2.75, 3.05) is 25.4 Å². The molecule has 1 atom stereocenters. The van der Waals surface area contributed by atoms with Crippen molar-refractivity contribution in [3.63, 3.8) is 0 Å². The van der Waals surface area contributed by atoms with Crippen LogP contribution in [0.15, 0.2) is 12.7 Å². The van der Waals surface area contributed by atoms with Gasteiger partial charge in [-0.05, 0) is 38.2 Å². The summed E-state index contributed by atoms with van der Waals surface area (Å²) in [6, 6.07) is -0.320. The summed E-state index contributed by atoms with van der Waals surface area (Å²) in [6.45, 7) is 5.13. The Labute approximate surface area is 137 Å². The Hall–Kier alpha value is -1.41. The molecule has 0 aromatic heterocycles. The number of hydrogen-bond acceptors (Lipinski definition) is 4. The van der Waals surface area contributed by atoms with E-state index in [9.17, 15) is 18.0 Å². The van der Waals surface area contributed by atoms with Crippen LogP contribution < -0.4 is 5.14 Å². The molecule has 0 bridgehead atoms. The zero-order valence-electron chi connectivity index (χ0n) is 13.3. The second kappa shape index (κ2) is 7.44. The summed E-state index contributed by atoms with van der Waals surface area (Å²) < 4.78 is 22.8. The number of carbonyl (C=O) groups excluding carboxylic acids is 2. The van der Waals surface area contributed by atoms with E-state index in [-0.39, 0.29) is 29.5 Å². The minimum Gasteiger partial charge on any atom is -0.339 e. The second-order valence-electron chi connectivity index (χ2n) is 6.31. The third-order valence-electron chi connectivity index (χ3n) is 4.67. The molecule has 0 spiro atoms. The van der Waals surface area contributed by atoms with Crippen LogP contribution in [0.25, 0.3) is 0 Å². The molecule has 0 radical (unpaired) electrons. The fourth-order valence-electron chi connectivity index (χ4n) is 3.44. The molecule has 23 heavy (non-hydrogen) atoms. The molecule has 2 fully saturated rings. The lowest BCUT2D eigenvalue weighted by molar-refractivity contribution is -0.142. The molecular formula is C15H25N3O4S. The quantitative estimate of drug-likeness (QED) is 0.731. The highest BCUT2D eigenvalue weighted by molar-refractivity contribution is 7.89. The van der Waals surface area contributed by atoms with Crippen LogP contribution in [-0.4, -0.2) is 61.5 Å². The van der Waals surface area contributed by atoms with E-state index in [2.05, 4.69) is 6.58 Å². The average molecular weight is 343 g/mol. The zero-order valence-corrected chi connectivity index (χ0v) is 14.1. The molecule has 2 saturated heterocycles. The Morgan fingerprint density at radius 1 is 1.13 bits per heavy atom. The second-order valence-corrected chi connectivity index (χ2v) is 7.97. The van der Waals surface area contributed by atoms with Crippen LogP contribution in [0.2, 0.25) is 0 Å². The molecule has 2 amide bonds. The predicted octanol–water partition coefficient (Wildman–Crippen LogP) is 0.0806. The number of hydrogen-bond donors (Lipinski definition) is 1. The number of likely N-dealkylation sites (tertiary alicyclic amines) is 2. The van der Waals surface area contributed by atoms with E-state index in [0.29, 0.717) is 38.9 Å². The molecule has 2 aliphatic rings. The van der Waals surface area contributed by atoms with Crippen LogP contribution in [0, 0.1) is 5.92 Å². The predicted molar refractivity (Wildman–Crippen MR) is 86.8 cm³/mol. The number of sulfonamides is 1. The van der Waals surface area contributed by atoms with Gasteiger partial charge in [0.15, 0.2) is 0 Å². The monoisotopic (exact) mass is 343 g/mol. The van der Waals surface area contributed by atoms with Crippen LogP contribution in [0.1, 0.15) is 32.1 Å². The summed E-state index contributed by atoms with van der Waals surface area (Å²) >= 11 is 0. The van der Waals surface area contributed by atoms with Gasteiger partial charge in [0.2, 0.25) is 21.8 Å². The van der Waals surface area contributed by atoms with Crippen molar-refractivity contribution >= 4 is 21.8 Å². The van der Waals surface area contributed by atoms with Crippen molar-refractivity contribution in [1.82, 2.24) is 9.80 Å². The summed E-state index contributed by atoms with van der Waals surface area (Å²) in [5.74, 6) is -0.429. The molecule has 2 N–H and O–H groups in total. The van der Waals surface area contributed by atoms with Crippen LogP contribution in [0.4, 0.5) is 0 Å². The summed E-state index contributed by atoms with van der Waals surface area (Å²) in [5, 5.41) is 5.15. The molecule has 8 heteroatoms. The lowest BCUT2D eigenvalue weighted by atomic mass is 9.93. The summed E-state index contributed by atoms with van der Waals surface area (Å²) in [7, 11) is -3.60. The fourth-order valence-corrected chi connectivity index (χ4v) is 4.33. The van der Waals surface area contributed by atoms with Crippen LogP contribution >= 0.6 is 0 Å². The van der Waals surface area contributed by atoms with Gasteiger partial charge in [0.25, 0.3) is 0 Å². The number of carbonyl (C=O) groups is 2. The topological polar surface area (TPSA) is 101 Å². The summed E-state index contributed by atoms with van der Waals surface area (Å²) in [6.07, 6.45) is 4.98. The first kappa shape index (κ1) is 17.9. The maximum Gasteiger partial charge on any atom is 0.245 e. The van der Waals surface area contributed by atoms with Gasteiger partial charge in [0.05, 0.1) is 5.75 Å². The van der Waals surface area contributed by atoms with Crippen molar-refractivity contribution in [1.29, 1.82) is 0 Å². The van der Waals surface area contributed by atoms with Gasteiger partial charge in [0, 0.05) is 31.6 Å². The summed E-state index contributed by atoms with van der Waals surface area (Å²) in [4.78, 5) is 27.7. The van der Waals surface area contributed by atoms with Gasteiger partial charge in [-0.2, -0.15) is 0 Å². The van der Waals surface area contributed by atoms with Gasteiger partial charge in [-0.1, -0.05) is 6.58 Å². The number of rotatable bonds is 4. The van der Waals surface area contributed by atoms with Gasteiger partial charge < -0.3 is 9.80 Å². The third-order valence-corrected chi connectivity index (χ3v) is 5.51. The van der Waals surface area contributed by atoms with Crippen LogP contribution in [0.5, 0.6) is 0 Å². The maximum atomic E-state index is 12.8. The Bertz CT molecular complexity index is 567. The molecule has 1 unspecified atom stereocenters. The highest BCUT2D eigenvalue weighted by atomic mass is 32.2. The number of amides is 2. The van der Waals surface area contributed by atoms with Gasteiger partial charge in [-0.15, -0.1) is 0 Å². The highest BCUT2D eigenvalue weighted by Gasteiger charge is 2.35. The molecule has 2 aliphatic heterocycles. The molecular weight excluding hydrogens is 318 g/mol. The largest absolute Gasteiger partial charge is 0.339 e. The Morgan fingerprint density at radius 3 is 2.35 bits per heavy atom. The molecule has 0 aromatic carbocycles. The molecule has 130 valence electrons. The van der Waals surface area contributed by atoms with Crippen molar-refractivity contribution in [2.24, 2.45) is 11.1 Å². The van der Waals surface area contributed by atoms with Crippen LogP contribution in [0.3, 0.4) is 0 Å². The smallest absolute Gasteiger partial charge is 0.245 e. The first-order valence-corrected chi connectivity index (χ1v) is 9.75. The SMILES string of the molecule is C=CC(=O)N1CCC(C(=O)N2CCCCC2CS(N)(=O)=O)CC1. The lowest BCUT2D eigenvalue weighted by Gasteiger charge is -2.39. The third kappa shape index (κ3) is 4.78. The lowest BCUT2D eigenvalue weighted by Crippen LogP contribution is -2.51. The molecule has 0 saturated carbocycles. The van der Waals surface area contributed by atoms with Crippen molar-refractivity contribution in [3.8, 4) is 0 Å². The molecule has 0 aromatic rings. The van der Waals surface area contributed by atoms with E-state index < -0.39 is 10.0 Å². The molecule has 2 heterocycles. The average Bonchev–Trinajstić information content (AvgIpc) is 2.52. The zero-order chi connectivity index (χ0) is 17.0. The first-order valence-electron chi connectivity index (χ1n) is 8.04. The van der Waals surface area contributed by atoms with E-state index in [1.165, 1.54) is 6.08 Å². The van der Waals surface area contributed by atoms with Crippen molar-refractivity contribution < 1.29 is 18.0 Å². The number of piperidine rings is 2. The van der Waals surface area contributed by atoms with Gasteiger partial charge >= 0.3 is 0 Å². The standard InChI is InChI=1S/C15H25N3O4S/c1-2-14(19)17-9-6-12(7-10-17)15(20)18-8-4-3-5-13(18)11-23(16,21)22/h2,12-13H,1,3-11H2,(H2,16,21,22). The molecule has 0 aliphatic carbocycles. The minimum absolute atomic E-state index is 0.00375. The number of nitrogens with zero attached hydrogens (tertiary/aromatic N) is 2. The number of nitrogens with two attached hydrogens (primary N) is 1. The van der Waals surface area contributed by atoms with E-state index in [4.69, 9.17) is 5.14 Å². The minimum atomic E-state index is -3.60. The Balaban J connectivity index is 1.98. The fraction of sp³-hybridized carbons (Fsp3) is 0.733.